The minimum atomic E-state index is -2.06. The van der Waals surface area contributed by atoms with Gasteiger partial charge in [-0.05, 0) is 0 Å². The van der Waals surface area contributed by atoms with Gasteiger partial charge in [0.15, 0.2) is 0 Å². The van der Waals surface area contributed by atoms with Crippen molar-refractivity contribution in [3.05, 3.63) is 121 Å². The van der Waals surface area contributed by atoms with E-state index in [0.29, 0.717) is 0 Å². The van der Waals surface area contributed by atoms with Gasteiger partial charge in [-0.25, -0.2) is 0 Å². The zero-order chi connectivity index (χ0) is 24.2. The maximum atomic E-state index is 12.5. The Morgan fingerprint density at radius 3 is 1.86 bits per heavy atom. The standard InChI is InChI=1S/C16H12OSe.C16H10OSe/c2*17-18-14-8-4-3-7-13(14)16-12-6-2-1-5-11(12)9-10-15(16)18/h1-10,17-18H;1-10H. The average Bonchev–Trinajstić information content (AvgIpc) is 3.41. The van der Waals surface area contributed by atoms with E-state index in [0.717, 1.165) is 18.9 Å². The van der Waals surface area contributed by atoms with E-state index < -0.39 is 28.1 Å². The van der Waals surface area contributed by atoms with Crippen molar-refractivity contribution in [3.63, 3.8) is 0 Å². The summed E-state index contributed by atoms with van der Waals surface area (Å²) in [6, 6.07) is 41.4. The first-order valence-electron chi connectivity index (χ1n) is 11.9. The van der Waals surface area contributed by atoms with Crippen LogP contribution >= 0.6 is 0 Å². The quantitative estimate of drug-likeness (QED) is 0.269. The van der Waals surface area contributed by atoms with Crippen molar-refractivity contribution in [1.29, 1.82) is 0 Å². The number of rotatable bonds is 0. The normalized spacial score (nSPS) is 17.6. The molecule has 6 aromatic carbocycles. The monoisotopic (exact) mass is 598 g/mol. The zero-order valence-corrected chi connectivity index (χ0v) is 22.8. The summed E-state index contributed by atoms with van der Waals surface area (Å²) < 4.78 is 27.5. The van der Waals surface area contributed by atoms with Crippen LogP contribution in [0.3, 0.4) is 0 Å². The van der Waals surface area contributed by atoms with E-state index in [1.807, 2.05) is 42.5 Å². The van der Waals surface area contributed by atoms with Crippen LogP contribution in [0, 0.1) is 0 Å². The molecular weight excluding hydrogens is 574 g/mol. The molecule has 0 saturated carbocycles. The summed E-state index contributed by atoms with van der Waals surface area (Å²) in [5, 5.41) is 4.93. The van der Waals surface area contributed by atoms with Crippen molar-refractivity contribution in [2.75, 3.05) is 0 Å². The van der Waals surface area contributed by atoms with Crippen molar-refractivity contribution in [1.82, 2.24) is 0 Å². The fourth-order valence-corrected chi connectivity index (χ4v) is 11.6. The SMILES string of the molecule is O=[Se]1c2ccccc2-c2c1ccc1ccccc21.O[SeH]1c2ccccc2-c2c1ccc1ccccc21. The predicted molar refractivity (Wildman–Crippen MR) is 153 cm³/mol. The molecule has 1 N–H and O–H groups in total. The van der Waals surface area contributed by atoms with Gasteiger partial charge in [0.25, 0.3) is 0 Å². The number of hydrogen-bond donors (Lipinski definition) is 1. The molecule has 2 heterocycles. The molecule has 8 rings (SSSR count). The fraction of sp³-hybridized carbons (Fsp3) is 0. The van der Waals surface area contributed by atoms with Crippen LogP contribution in [-0.2, 0) is 3.83 Å². The van der Waals surface area contributed by atoms with Gasteiger partial charge in [0.05, 0.1) is 0 Å². The molecule has 2 aliphatic rings. The third-order valence-corrected chi connectivity index (χ3v) is 13.6. The van der Waals surface area contributed by atoms with Crippen LogP contribution in [0.25, 0.3) is 43.8 Å². The van der Waals surface area contributed by atoms with Gasteiger partial charge in [0, 0.05) is 0 Å². The van der Waals surface area contributed by atoms with Crippen LogP contribution < -0.4 is 17.8 Å². The molecule has 6 aromatic rings. The fourth-order valence-electron chi connectivity index (χ4n) is 5.36. The number of benzene rings is 6. The van der Waals surface area contributed by atoms with Crippen molar-refractivity contribution in [2.45, 2.75) is 0 Å². The van der Waals surface area contributed by atoms with Crippen molar-refractivity contribution >= 4 is 67.5 Å². The molecule has 0 spiro atoms. The summed E-state index contributed by atoms with van der Waals surface area (Å²) >= 11 is -4.08. The van der Waals surface area contributed by atoms with Crippen molar-refractivity contribution in [2.24, 2.45) is 0 Å². The molecule has 2 nitrogen and oxygen atoms in total. The van der Waals surface area contributed by atoms with Crippen LogP contribution in [0.5, 0.6) is 0 Å². The topological polar surface area (TPSA) is 37.3 Å². The van der Waals surface area contributed by atoms with Crippen molar-refractivity contribution in [3.8, 4) is 22.3 Å². The summed E-state index contributed by atoms with van der Waals surface area (Å²) in [6.45, 7) is 0. The van der Waals surface area contributed by atoms with Gasteiger partial charge in [0.2, 0.25) is 0 Å². The third-order valence-electron chi connectivity index (χ3n) is 6.98. The van der Waals surface area contributed by atoms with E-state index in [-0.39, 0.29) is 0 Å². The molecule has 0 aromatic heterocycles. The Kier molecular flexibility index (Phi) is 5.25. The molecule has 36 heavy (non-hydrogen) atoms. The van der Waals surface area contributed by atoms with E-state index in [1.165, 1.54) is 42.7 Å². The van der Waals surface area contributed by atoms with E-state index in [9.17, 15) is 8.02 Å². The predicted octanol–water partition coefficient (Wildman–Crippen LogP) is 4.01. The zero-order valence-electron chi connectivity index (χ0n) is 19.3. The second-order valence-corrected chi connectivity index (χ2v) is 15.2. The van der Waals surface area contributed by atoms with Gasteiger partial charge in [-0.3, -0.25) is 0 Å². The molecule has 2 unspecified atom stereocenters. The Bertz CT molecular complexity index is 1840. The molecule has 174 valence electrons. The first kappa shape index (κ1) is 21.9. The number of fused-ring (bicyclic) bond motifs is 10. The van der Waals surface area contributed by atoms with Crippen LogP contribution in [0.2, 0.25) is 0 Å². The first-order valence-corrected chi connectivity index (χ1v) is 17.0. The molecule has 0 saturated heterocycles. The molecule has 0 bridgehead atoms. The Morgan fingerprint density at radius 1 is 0.500 bits per heavy atom. The van der Waals surface area contributed by atoms with Crippen LogP contribution in [0.4, 0.5) is 0 Å². The second-order valence-electron chi connectivity index (χ2n) is 8.93. The second kappa shape index (κ2) is 8.64. The van der Waals surface area contributed by atoms with Crippen LogP contribution in [0.1, 0.15) is 0 Å². The van der Waals surface area contributed by atoms with Gasteiger partial charge in [-0.2, -0.15) is 0 Å². The van der Waals surface area contributed by atoms with Gasteiger partial charge in [-0.15, -0.1) is 0 Å². The summed E-state index contributed by atoms with van der Waals surface area (Å²) in [7, 11) is 0. The molecule has 0 amide bonds. The Hall–Kier alpha value is -3.36. The molecule has 4 heteroatoms. The molecule has 0 fully saturated rings. The third kappa shape index (κ3) is 3.28. The van der Waals surface area contributed by atoms with Crippen LogP contribution in [0.15, 0.2) is 121 Å². The van der Waals surface area contributed by atoms with Gasteiger partial charge in [0.1, 0.15) is 0 Å². The van der Waals surface area contributed by atoms with Gasteiger partial charge < -0.3 is 0 Å². The minimum absolute atomic E-state index is 1.03. The average molecular weight is 596 g/mol. The molecule has 2 aliphatic heterocycles. The van der Waals surface area contributed by atoms with E-state index in [2.05, 4.69) is 78.9 Å². The van der Waals surface area contributed by atoms with Crippen molar-refractivity contribution < 1.29 is 8.02 Å². The first-order chi connectivity index (χ1) is 17.7. The molecule has 0 aliphatic carbocycles. The summed E-state index contributed by atoms with van der Waals surface area (Å²) in [5.74, 6) is 0. The summed E-state index contributed by atoms with van der Waals surface area (Å²) in [5.41, 5.74) is 4.83. The molecule has 0 radical (unpaired) electrons. The van der Waals surface area contributed by atoms with Gasteiger partial charge in [-0.1, -0.05) is 0 Å². The maximum absolute atomic E-state index is 12.5. The van der Waals surface area contributed by atoms with Crippen LogP contribution in [-0.4, -0.2) is 32.3 Å². The number of hydrogen-bond acceptors (Lipinski definition) is 2. The van der Waals surface area contributed by atoms with E-state index in [1.54, 1.807) is 0 Å². The van der Waals surface area contributed by atoms with E-state index in [4.69, 9.17) is 0 Å². The molecule has 2 atom stereocenters. The van der Waals surface area contributed by atoms with Gasteiger partial charge >= 0.3 is 219 Å². The Labute approximate surface area is 218 Å². The Balaban J connectivity index is 0.000000122. The summed E-state index contributed by atoms with van der Waals surface area (Å²) in [6.07, 6.45) is 0. The summed E-state index contributed by atoms with van der Waals surface area (Å²) in [4.78, 5) is 0. The van der Waals surface area contributed by atoms with E-state index >= 15 is 0 Å². The molecular formula is C32H22O2Se2. The Morgan fingerprint density at radius 2 is 1.08 bits per heavy atom.